The molecule has 0 saturated carbocycles. The normalized spacial score (nSPS) is 13.4. The van der Waals surface area contributed by atoms with Crippen molar-refractivity contribution in [3.8, 4) is 0 Å². The minimum Gasteiger partial charge on any atom is -0.453 e. The van der Waals surface area contributed by atoms with Crippen LogP contribution in [-0.4, -0.2) is 88.4 Å². The zero-order chi connectivity index (χ0) is 25.5. The average molecular weight is 485 g/mol. The van der Waals surface area contributed by atoms with E-state index in [1.807, 2.05) is 62.4 Å². The van der Waals surface area contributed by atoms with Gasteiger partial charge in [-0.3, -0.25) is 15.0 Å². The maximum atomic E-state index is 12.3. The van der Waals surface area contributed by atoms with Gasteiger partial charge in [-0.15, -0.1) is 0 Å². The molecule has 1 fully saturated rings. The SMILES string of the molecule is CCN(CC)C(=O)c1ccc(Cc2cccc(NC(=O)OC)c2)cc1.COCCN1CCNCC1. The van der Waals surface area contributed by atoms with Crippen molar-refractivity contribution in [3.05, 3.63) is 65.2 Å². The molecule has 0 unspecified atom stereocenters. The van der Waals surface area contributed by atoms with Gasteiger partial charge in [-0.2, -0.15) is 0 Å². The topological polar surface area (TPSA) is 83.1 Å². The van der Waals surface area contributed by atoms with Gasteiger partial charge in [-0.05, 0) is 55.7 Å². The third-order valence-electron chi connectivity index (χ3n) is 5.84. The van der Waals surface area contributed by atoms with Crippen LogP contribution in [0.4, 0.5) is 10.5 Å². The summed E-state index contributed by atoms with van der Waals surface area (Å²) < 4.78 is 9.58. The summed E-state index contributed by atoms with van der Waals surface area (Å²) in [6, 6.07) is 15.3. The highest BCUT2D eigenvalue weighted by Gasteiger charge is 2.12. The fourth-order valence-electron chi connectivity index (χ4n) is 3.78. The van der Waals surface area contributed by atoms with Crippen LogP contribution in [0.1, 0.15) is 35.3 Å². The predicted molar refractivity (Wildman–Crippen MR) is 140 cm³/mol. The number of nitrogens with zero attached hydrogens (tertiary/aromatic N) is 2. The Morgan fingerprint density at radius 3 is 2.29 bits per heavy atom. The van der Waals surface area contributed by atoms with E-state index < -0.39 is 6.09 Å². The molecule has 2 amide bonds. The second-order valence-corrected chi connectivity index (χ2v) is 8.25. The number of carbonyl (C=O) groups is 2. The summed E-state index contributed by atoms with van der Waals surface area (Å²) in [5.74, 6) is 0.0563. The third kappa shape index (κ3) is 10.1. The van der Waals surface area contributed by atoms with Gasteiger partial charge in [0.2, 0.25) is 0 Å². The number of amides is 2. The van der Waals surface area contributed by atoms with Gasteiger partial charge in [0.05, 0.1) is 13.7 Å². The molecule has 3 rings (SSSR count). The highest BCUT2D eigenvalue weighted by Crippen LogP contribution is 2.16. The highest BCUT2D eigenvalue weighted by molar-refractivity contribution is 5.94. The molecule has 0 radical (unpaired) electrons. The smallest absolute Gasteiger partial charge is 0.411 e. The van der Waals surface area contributed by atoms with Crippen LogP contribution in [0.5, 0.6) is 0 Å². The number of carbonyl (C=O) groups excluding carboxylic acids is 2. The first-order valence-corrected chi connectivity index (χ1v) is 12.2. The lowest BCUT2D eigenvalue weighted by atomic mass is 10.0. The zero-order valence-corrected chi connectivity index (χ0v) is 21.5. The number of anilines is 1. The van der Waals surface area contributed by atoms with Crippen molar-refractivity contribution in [1.82, 2.24) is 15.1 Å². The van der Waals surface area contributed by atoms with E-state index in [1.54, 1.807) is 12.0 Å². The molecule has 0 aromatic heterocycles. The Kier molecular flexibility index (Phi) is 12.8. The maximum absolute atomic E-state index is 12.3. The first-order chi connectivity index (χ1) is 17.0. The van der Waals surface area contributed by atoms with Crippen molar-refractivity contribution in [1.29, 1.82) is 0 Å². The number of methoxy groups -OCH3 is 2. The largest absolute Gasteiger partial charge is 0.453 e. The van der Waals surface area contributed by atoms with E-state index >= 15 is 0 Å². The fraction of sp³-hybridized carbons (Fsp3) is 0.481. The van der Waals surface area contributed by atoms with Gasteiger partial charge in [0, 0.05) is 64.2 Å². The minimum atomic E-state index is -0.489. The summed E-state index contributed by atoms with van der Waals surface area (Å²) >= 11 is 0. The number of piperazine rings is 1. The molecule has 2 N–H and O–H groups in total. The van der Waals surface area contributed by atoms with Crippen LogP contribution in [0.15, 0.2) is 48.5 Å². The molecular weight excluding hydrogens is 444 g/mol. The number of hydrogen-bond acceptors (Lipinski definition) is 6. The summed E-state index contributed by atoms with van der Waals surface area (Å²) in [7, 11) is 3.09. The van der Waals surface area contributed by atoms with Gasteiger partial charge in [0.25, 0.3) is 5.91 Å². The van der Waals surface area contributed by atoms with Gasteiger partial charge >= 0.3 is 6.09 Å². The Bertz CT molecular complexity index is 894. The third-order valence-corrected chi connectivity index (χ3v) is 5.84. The second-order valence-electron chi connectivity index (χ2n) is 8.25. The van der Waals surface area contributed by atoms with Gasteiger partial charge < -0.3 is 19.7 Å². The van der Waals surface area contributed by atoms with Crippen molar-refractivity contribution < 1.29 is 19.1 Å². The molecule has 1 aliphatic heterocycles. The number of nitrogens with one attached hydrogen (secondary N) is 2. The van der Waals surface area contributed by atoms with Crippen molar-refractivity contribution in [2.24, 2.45) is 0 Å². The maximum Gasteiger partial charge on any atom is 0.411 e. The number of ether oxygens (including phenoxy) is 2. The van der Waals surface area contributed by atoms with Gasteiger partial charge in [-0.1, -0.05) is 24.3 Å². The van der Waals surface area contributed by atoms with Crippen molar-refractivity contribution >= 4 is 17.7 Å². The number of hydrogen-bond donors (Lipinski definition) is 2. The summed E-state index contributed by atoms with van der Waals surface area (Å²) in [5, 5.41) is 5.96. The van der Waals surface area contributed by atoms with E-state index in [-0.39, 0.29) is 5.91 Å². The van der Waals surface area contributed by atoms with Crippen LogP contribution >= 0.6 is 0 Å². The number of rotatable bonds is 9. The summed E-state index contributed by atoms with van der Waals surface area (Å²) in [4.78, 5) is 27.8. The van der Waals surface area contributed by atoms with Crippen LogP contribution in [0.2, 0.25) is 0 Å². The highest BCUT2D eigenvalue weighted by atomic mass is 16.5. The van der Waals surface area contributed by atoms with Crippen LogP contribution in [-0.2, 0) is 15.9 Å². The van der Waals surface area contributed by atoms with E-state index in [1.165, 1.54) is 20.2 Å². The monoisotopic (exact) mass is 484 g/mol. The first kappa shape index (κ1) is 28.3. The van der Waals surface area contributed by atoms with E-state index in [0.717, 1.165) is 43.8 Å². The van der Waals surface area contributed by atoms with Crippen molar-refractivity contribution in [2.45, 2.75) is 20.3 Å². The zero-order valence-electron chi connectivity index (χ0n) is 21.5. The van der Waals surface area contributed by atoms with Gasteiger partial charge in [-0.25, -0.2) is 4.79 Å². The van der Waals surface area contributed by atoms with Crippen LogP contribution in [0, 0.1) is 0 Å². The van der Waals surface area contributed by atoms with Gasteiger partial charge in [0.1, 0.15) is 0 Å². The van der Waals surface area contributed by atoms with E-state index in [0.29, 0.717) is 24.3 Å². The van der Waals surface area contributed by atoms with Gasteiger partial charge in [0.15, 0.2) is 0 Å². The lowest BCUT2D eigenvalue weighted by Gasteiger charge is -2.26. The molecule has 192 valence electrons. The molecule has 2 aromatic rings. The minimum absolute atomic E-state index is 0.0563. The molecule has 2 aromatic carbocycles. The molecule has 0 atom stereocenters. The van der Waals surface area contributed by atoms with E-state index in [2.05, 4.69) is 20.3 Å². The lowest BCUT2D eigenvalue weighted by molar-refractivity contribution is 0.0773. The summed E-state index contributed by atoms with van der Waals surface area (Å²) in [5.41, 5.74) is 3.56. The molecule has 0 aliphatic carbocycles. The molecule has 0 spiro atoms. The number of benzene rings is 2. The Morgan fingerprint density at radius 1 is 1.00 bits per heavy atom. The summed E-state index contributed by atoms with van der Waals surface area (Å²) in [6.45, 7) is 11.9. The Morgan fingerprint density at radius 2 is 1.69 bits per heavy atom. The Hall–Kier alpha value is -2.94. The quantitative estimate of drug-likeness (QED) is 0.567. The molecule has 0 bridgehead atoms. The lowest BCUT2D eigenvalue weighted by Crippen LogP contribution is -2.44. The molecule has 1 saturated heterocycles. The standard InChI is InChI=1S/C20H24N2O3.C7H16N2O/c1-4-22(5-2)19(23)17-11-9-15(10-12-17)13-16-7-6-8-18(14-16)21-20(24)25-3;1-10-7-6-9-4-2-8-3-5-9/h6-12,14H,4-5,13H2,1-3H3,(H,21,24);8H,2-7H2,1H3. The predicted octanol–water partition coefficient (Wildman–Crippen LogP) is 3.48. The van der Waals surface area contributed by atoms with Crippen LogP contribution < -0.4 is 10.6 Å². The molecule has 1 heterocycles. The van der Waals surface area contributed by atoms with E-state index in [4.69, 9.17) is 4.74 Å². The average Bonchev–Trinajstić information content (AvgIpc) is 2.89. The van der Waals surface area contributed by atoms with Crippen molar-refractivity contribution in [2.75, 3.05) is 72.0 Å². The Labute approximate surface area is 209 Å². The Balaban J connectivity index is 0.000000360. The molecule has 35 heavy (non-hydrogen) atoms. The molecule has 8 nitrogen and oxygen atoms in total. The first-order valence-electron chi connectivity index (χ1n) is 12.2. The van der Waals surface area contributed by atoms with Crippen LogP contribution in [0.3, 0.4) is 0 Å². The van der Waals surface area contributed by atoms with Crippen LogP contribution in [0.25, 0.3) is 0 Å². The van der Waals surface area contributed by atoms with E-state index in [9.17, 15) is 9.59 Å². The molecular formula is C27H40N4O4. The summed E-state index contributed by atoms with van der Waals surface area (Å²) in [6.07, 6.45) is 0.229. The second kappa shape index (κ2) is 15.9. The molecule has 8 heteroatoms. The van der Waals surface area contributed by atoms with Crippen molar-refractivity contribution in [3.63, 3.8) is 0 Å². The molecule has 1 aliphatic rings. The fourth-order valence-corrected chi connectivity index (χ4v) is 3.78.